The lowest BCUT2D eigenvalue weighted by Crippen LogP contribution is -2.39. The number of hydrogen-bond acceptors (Lipinski definition) is 2. The Morgan fingerprint density at radius 2 is 2.14 bits per heavy atom. The van der Waals surface area contributed by atoms with Gasteiger partial charge < -0.3 is 10.6 Å². The molecule has 0 amide bonds. The molecule has 5 nitrogen and oxygen atoms in total. The highest BCUT2D eigenvalue weighted by atomic mass is 35.5. The summed E-state index contributed by atoms with van der Waals surface area (Å²) in [5.74, 6) is 0.796. The minimum atomic E-state index is 0.772. The number of halogens is 1. The van der Waals surface area contributed by atoms with Crippen molar-refractivity contribution in [1.82, 2.24) is 20.4 Å². The summed E-state index contributed by atoms with van der Waals surface area (Å²) in [7, 11) is 1.77. The number of nitrogens with one attached hydrogen (secondary N) is 2. The third-order valence-corrected chi connectivity index (χ3v) is 3.25. The monoisotopic (exact) mass is 305 g/mol. The van der Waals surface area contributed by atoms with E-state index < -0.39 is 0 Å². The fraction of sp³-hybridized carbons (Fsp3) is 0.333. The largest absolute Gasteiger partial charge is 0.356 e. The fourth-order valence-corrected chi connectivity index (χ4v) is 2.17. The summed E-state index contributed by atoms with van der Waals surface area (Å²) in [4.78, 5) is 4.19. The Morgan fingerprint density at radius 1 is 1.29 bits per heavy atom. The SMILES string of the molecule is CN=C(NCCc1cccc(Cl)c1)NCCn1cccn1. The van der Waals surface area contributed by atoms with Gasteiger partial charge in [0.25, 0.3) is 0 Å². The van der Waals surface area contributed by atoms with Crippen molar-refractivity contribution in [3.05, 3.63) is 53.3 Å². The third-order valence-electron chi connectivity index (χ3n) is 3.01. The van der Waals surface area contributed by atoms with Crippen LogP contribution in [0.25, 0.3) is 0 Å². The first kappa shape index (κ1) is 15.4. The first-order valence-corrected chi connectivity index (χ1v) is 7.32. The van der Waals surface area contributed by atoms with Crippen molar-refractivity contribution in [3.8, 4) is 0 Å². The first-order chi connectivity index (χ1) is 10.3. The van der Waals surface area contributed by atoms with E-state index in [4.69, 9.17) is 11.6 Å². The molecule has 0 aliphatic carbocycles. The number of hydrogen-bond donors (Lipinski definition) is 2. The van der Waals surface area contributed by atoms with Crippen LogP contribution in [0.4, 0.5) is 0 Å². The van der Waals surface area contributed by atoms with Crippen LogP contribution in [-0.2, 0) is 13.0 Å². The van der Waals surface area contributed by atoms with Gasteiger partial charge in [-0.1, -0.05) is 23.7 Å². The van der Waals surface area contributed by atoms with Crippen LogP contribution in [0.1, 0.15) is 5.56 Å². The second kappa shape index (κ2) is 8.32. The summed E-state index contributed by atoms with van der Waals surface area (Å²) >= 11 is 5.97. The molecule has 0 atom stereocenters. The summed E-state index contributed by atoms with van der Waals surface area (Å²) in [6, 6.07) is 9.82. The number of nitrogens with zero attached hydrogens (tertiary/aromatic N) is 3. The molecule has 1 aromatic heterocycles. The molecule has 0 bridgehead atoms. The lowest BCUT2D eigenvalue weighted by atomic mass is 10.1. The Bertz CT molecular complexity index is 565. The molecule has 0 saturated carbocycles. The van der Waals surface area contributed by atoms with Crippen molar-refractivity contribution < 1.29 is 0 Å². The number of benzene rings is 1. The standard InChI is InChI=1S/C15H20ClN5/c1-17-15(19-9-11-21-10-3-7-20-21)18-8-6-13-4-2-5-14(16)12-13/h2-5,7,10,12H,6,8-9,11H2,1H3,(H2,17,18,19). The summed E-state index contributed by atoms with van der Waals surface area (Å²) < 4.78 is 1.88. The molecule has 6 heteroatoms. The topological polar surface area (TPSA) is 54.2 Å². The van der Waals surface area contributed by atoms with Crippen LogP contribution in [0.2, 0.25) is 5.02 Å². The average molecular weight is 306 g/mol. The maximum atomic E-state index is 5.97. The zero-order valence-corrected chi connectivity index (χ0v) is 12.8. The molecule has 2 N–H and O–H groups in total. The number of aliphatic imine (C=N–C) groups is 1. The highest BCUT2D eigenvalue weighted by Gasteiger charge is 1.99. The maximum Gasteiger partial charge on any atom is 0.191 e. The van der Waals surface area contributed by atoms with Gasteiger partial charge in [-0.2, -0.15) is 5.10 Å². The van der Waals surface area contributed by atoms with Crippen molar-refractivity contribution in [2.75, 3.05) is 20.1 Å². The molecule has 0 aliphatic heterocycles. The summed E-state index contributed by atoms with van der Waals surface area (Å²) in [6.07, 6.45) is 4.62. The quantitative estimate of drug-likeness (QED) is 0.633. The minimum Gasteiger partial charge on any atom is -0.356 e. The molecule has 1 heterocycles. The van der Waals surface area contributed by atoms with Gasteiger partial charge in [0.15, 0.2) is 5.96 Å². The number of rotatable bonds is 6. The Balaban J connectivity index is 1.68. The molecule has 2 rings (SSSR count). The molecular formula is C15H20ClN5. The van der Waals surface area contributed by atoms with E-state index >= 15 is 0 Å². The van der Waals surface area contributed by atoms with Crippen LogP contribution in [0.15, 0.2) is 47.7 Å². The Kier molecular flexibility index (Phi) is 6.09. The molecule has 0 radical (unpaired) electrons. The van der Waals surface area contributed by atoms with E-state index in [0.29, 0.717) is 0 Å². The van der Waals surface area contributed by atoms with Gasteiger partial charge in [-0.15, -0.1) is 0 Å². The third kappa shape index (κ3) is 5.47. The second-order valence-corrected chi connectivity index (χ2v) is 5.01. The van der Waals surface area contributed by atoms with E-state index in [1.807, 2.05) is 35.1 Å². The van der Waals surface area contributed by atoms with Crippen LogP contribution in [0, 0.1) is 0 Å². The van der Waals surface area contributed by atoms with Crippen LogP contribution in [-0.4, -0.2) is 35.9 Å². The molecule has 0 fully saturated rings. The van der Waals surface area contributed by atoms with Crippen LogP contribution < -0.4 is 10.6 Å². The van der Waals surface area contributed by atoms with Crippen molar-refractivity contribution >= 4 is 17.6 Å². The van der Waals surface area contributed by atoms with Gasteiger partial charge in [0.2, 0.25) is 0 Å². The van der Waals surface area contributed by atoms with Crippen LogP contribution in [0.5, 0.6) is 0 Å². The highest BCUT2D eigenvalue weighted by Crippen LogP contribution is 2.10. The van der Waals surface area contributed by atoms with Gasteiger partial charge in [-0.25, -0.2) is 0 Å². The smallest absolute Gasteiger partial charge is 0.191 e. The van der Waals surface area contributed by atoms with E-state index in [-0.39, 0.29) is 0 Å². The van der Waals surface area contributed by atoms with E-state index in [0.717, 1.165) is 37.0 Å². The Morgan fingerprint density at radius 3 is 2.86 bits per heavy atom. The van der Waals surface area contributed by atoms with Gasteiger partial charge in [-0.05, 0) is 30.2 Å². The molecule has 0 saturated heterocycles. The fourth-order valence-electron chi connectivity index (χ4n) is 1.96. The van der Waals surface area contributed by atoms with E-state index in [9.17, 15) is 0 Å². The zero-order valence-electron chi connectivity index (χ0n) is 12.1. The van der Waals surface area contributed by atoms with Crippen molar-refractivity contribution in [2.45, 2.75) is 13.0 Å². The molecule has 1 aromatic carbocycles. The van der Waals surface area contributed by atoms with Crippen molar-refractivity contribution in [2.24, 2.45) is 4.99 Å². The van der Waals surface area contributed by atoms with Gasteiger partial charge in [-0.3, -0.25) is 9.67 Å². The predicted octanol–water partition coefficient (Wildman–Crippen LogP) is 1.94. The average Bonchev–Trinajstić information content (AvgIpc) is 2.99. The summed E-state index contributed by atoms with van der Waals surface area (Å²) in [5.41, 5.74) is 1.21. The molecular weight excluding hydrogens is 286 g/mol. The molecule has 112 valence electrons. The van der Waals surface area contributed by atoms with Crippen molar-refractivity contribution in [3.63, 3.8) is 0 Å². The molecule has 21 heavy (non-hydrogen) atoms. The normalized spacial score (nSPS) is 11.4. The van der Waals surface area contributed by atoms with Gasteiger partial charge in [0.1, 0.15) is 0 Å². The summed E-state index contributed by atoms with van der Waals surface area (Å²) in [6.45, 7) is 2.39. The summed E-state index contributed by atoms with van der Waals surface area (Å²) in [5, 5.41) is 11.5. The second-order valence-electron chi connectivity index (χ2n) is 4.57. The Labute approximate surface area is 130 Å². The highest BCUT2D eigenvalue weighted by molar-refractivity contribution is 6.30. The van der Waals surface area contributed by atoms with Gasteiger partial charge in [0.05, 0.1) is 6.54 Å². The number of aromatic nitrogens is 2. The molecule has 2 aromatic rings. The van der Waals surface area contributed by atoms with Crippen molar-refractivity contribution in [1.29, 1.82) is 0 Å². The minimum absolute atomic E-state index is 0.772. The Hall–Kier alpha value is -2.01. The molecule has 0 unspecified atom stereocenters. The molecule has 0 aliphatic rings. The lowest BCUT2D eigenvalue weighted by molar-refractivity contribution is 0.598. The van der Waals surface area contributed by atoms with E-state index in [1.165, 1.54) is 5.56 Å². The maximum absolute atomic E-state index is 5.97. The predicted molar refractivity (Wildman–Crippen MR) is 86.7 cm³/mol. The first-order valence-electron chi connectivity index (χ1n) is 6.94. The number of guanidine groups is 1. The van der Waals surface area contributed by atoms with Gasteiger partial charge >= 0.3 is 0 Å². The van der Waals surface area contributed by atoms with Crippen LogP contribution >= 0.6 is 11.6 Å². The zero-order chi connectivity index (χ0) is 14.9. The van der Waals surface area contributed by atoms with E-state index in [2.05, 4.69) is 26.8 Å². The van der Waals surface area contributed by atoms with E-state index in [1.54, 1.807) is 13.2 Å². The lowest BCUT2D eigenvalue weighted by Gasteiger charge is -2.12. The van der Waals surface area contributed by atoms with Gasteiger partial charge in [0, 0.05) is 37.6 Å². The molecule has 0 spiro atoms. The van der Waals surface area contributed by atoms with Crippen LogP contribution in [0.3, 0.4) is 0 Å².